The highest BCUT2D eigenvalue weighted by Crippen LogP contribution is 2.44. The van der Waals surface area contributed by atoms with Crippen LogP contribution in [0.15, 0.2) is 182 Å². The topological polar surface area (TPSA) is 0 Å². The molecule has 0 saturated carbocycles. The van der Waals surface area contributed by atoms with Crippen LogP contribution in [0.2, 0.25) is 0 Å². The fourth-order valence-corrected chi connectivity index (χ4v) is 12.2. The quantitative estimate of drug-likeness (QED) is 0.147. The second kappa shape index (κ2) is 11.5. The van der Waals surface area contributed by atoms with E-state index in [2.05, 4.69) is 182 Å². The molecule has 0 N–H and O–H groups in total. The number of benzene rings is 6. The van der Waals surface area contributed by atoms with Crippen LogP contribution in [-0.2, 0) is 0 Å². The molecule has 6 aromatic carbocycles. The fraction of sp³-hybridized carbons (Fsp3) is 0.0526. The molecule has 0 bridgehead atoms. The lowest BCUT2D eigenvalue weighted by molar-refractivity contribution is 0.757. The molecule has 0 spiro atoms. The van der Waals surface area contributed by atoms with Crippen LogP contribution in [0.4, 0.5) is 0 Å². The Morgan fingerprint density at radius 1 is 0.282 bits per heavy atom. The molecule has 0 aliphatic heterocycles. The highest BCUT2D eigenvalue weighted by atomic mass is 28.3. The molecule has 188 valence electrons. The smallest absolute Gasteiger partial charge is 0.0624 e. The lowest BCUT2D eigenvalue weighted by atomic mass is 9.85. The maximum atomic E-state index is 2.37. The third kappa shape index (κ3) is 4.78. The summed E-state index contributed by atoms with van der Waals surface area (Å²) in [7, 11) is -2.72. The number of hydrogen-bond acceptors (Lipinski definition) is 0. The Kier molecular flexibility index (Phi) is 7.33. The van der Waals surface area contributed by atoms with Crippen molar-refractivity contribution in [3.8, 4) is 0 Å². The first kappa shape index (κ1) is 24.8. The fourth-order valence-electron chi connectivity index (χ4n) is 6.39. The van der Waals surface area contributed by atoms with Crippen molar-refractivity contribution in [2.75, 3.05) is 0 Å². The predicted molar refractivity (Wildman–Crippen MR) is 168 cm³/mol. The van der Waals surface area contributed by atoms with E-state index in [0.717, 1.165) is 0 Å². The third-order valence-electron chi connectivity index (χ3n) is 7.96. The predicted octanol–water partition coefficient (Wildman–Crippen LogP) is 7.31. The molecule has 1 heteroatoms. The van der Waals surface area contributed by atoms with Gasteiger partial charge in [0.15, 0.2) is 8.07 Å². The van der Waals surface area contributed by atoms with Crippen molar-refractivity contribution in [3.63, 3.8) is 0 Å². The zero-order valence-corrected chi connectivity index (χ0v) is 23.0. The van der Waals surface area contributed by atoms with Crippen LogP contribution in [0.3, 0.4) is 0 Å². The van der Waals surface area contributed by atoms with Gasteiger partial charge in [-0.2, -0.15) is 0 Å². The normalized spacial score (nSPS) is 12.2. The zero-order chi connectivity index (χ0) is 26.3. The van der Waals surface area contributed by atoms with E-state index >= 15 is 0 Å². The first-order valence-corrected chi connectivity index (χ1v) is 15.8. The standard InChI is InChI=1S/C38H32Si/c1-7-19-31(20-8-1)37(32-21-9-2-10-22-32)38(33-23-11-3-12-24-33)39(34-25-13-4-14-26-34,35-27-15-5-16-28-35)36-29-17-6-18-30-36/h1-30,37-38H/t38-/m1/s1. The third-order valence-corrected chi connectivity index (χ3v) is 13.3. The largest absolute Gasteiger partial charge is 0.156 e. The lowest BCUT2D eigenvalue weighted by Gasteiger charge is -2.45. The van der Waals surface area contributed by atoms with Crippen molar-refractivity contribution in [2.45, 2.75) is 11.5 Å². The molecule has 0 saturated heterocycles. The molecule has 0 aliphatic rings. The molecule has 0 aliphatic carbocycles. The summed E-state index contributed by atoms with van der Waals surface area (Å²) in [6, 6.07) is 67.4. The molecule has 0 amide bonds. The van der Waals surface area contributed by atoms with Gasteiger partial charge in [-0.1, -0.05) is 182 Å². The number of hydrogen-bond donors (Lipinski definition) is 0. The summed E-state index contributed by atoms with van der Waals surface area (Å²) in [6.45, 7) is 0. The molecule has 39 heavy (non-hydrogen) atoms. The van der Waals surface area contributed by atoms with Gasteiger partial charge in [-0.3, -0.25) is 0 Å². The summed E-state index contributed by atoms with van der Waals surface area (Å²) in [6.07, 6.45) is 0. The molecular weight excluding hydrogens is 485 g/mol. The van der Waals surface area contributed by atoms with Crippen LogP contribution < -0.4 is 15.6 Å². The highest BCUT2D eigenvalue weighted by Gasteiger charge is 2.50. The van der Waals surface area contributed by atoms with Gasteiger partial charge in [0, 0.05) is 11.5 Å². The molecule has 0 nitrogen and oxygen atoms in total. The monoisotopic (exact) mass is 516 g/mol. The number of rotatable bonds is 8. The Morgan fingerprint density at radius 2 is 0.538 bits per heavy atom. The second-order valence-electron chi connectivity index (χ2n) is 10.1. The van der Waals surface area contributed by atoms with Crippen molar-refractivity contribution < 1.29 is 0 Å². The van der Waals surface area contributed by atoms with Crippen LogP contribution in [0.1, 0.15) is 28.1 Å². The molecule has 0 radical (unpaired) electrons. The first-order valence-electron chi connectivity index (χ1n) is 13.7. The maximum Gasteiger partial charge on any atom is 0.156 e. The molecule has 6 rings (SSSR count). The van der Waals surface area contributed by atoms with E-state index in [4.69, 9.17) is 0 Å². The first-order chi connectivity index (χ1) is 19.4. The van der Waals surface area contributed by atoms with Crippen molar-refractivity contribution in [1.82, 2.24) is 0 Å². The summed E-state index contributed by atoms with van der Waals surface area (Å²) < 4.78 is 0. The van der Waals surface area contributed by atoms with Gasteiger partial charge >= 0.3 is 0 Å². The Morgan fingerprint density at radius 3 is 0.846 bits per heavy atom. The van der Waals surface area contributed by atoms with Crippen molar-refractivity contribution >= 4 is 23.6 Å². The van der Waals surface area contributed by atoms with Crippen LogP contribution in [0, 0.1) is 0 Å². The minimum absolute atomic E-state index is 0.155. The van der Waals surface area contributed by atoms with Gasteiger partial charge < -0.3 is 0 Å². The summed E-state index contributed by atoms with van der Waals surface area (Å²) in [4.78, 5) is 0. The maximum absolute atomic E-state index is 2.72. The molecule has 6 aromatic rings. The van der Waals surface area contributed by atoms with E-state index in [1.165, 1.54) is 32.3 Å². The van der Waals surface area contributed by atoms with Crippen molar-refractivity contribution in [2.24, 2.45) is 0 Å². The Bertz CT molecular complexity index is 1430. The Labute approximate surface area is 233 Å². The molecule has 0 heterocycles. The average molecular weight is 517 g/mol. The SMILES string of the molecule is c1ccc(C(c2ccccc2)[C@@H](c2ccccc2)[Si](c2ccccc2)(c2ccccc2)c2ccccc2)cc1. The summed E-state index contributed by atoms with van der Waals surface area (Å²) in [5.41, 5.74) is 4.25. The van der Waals surface area contributed by atoms with Crippen molar-refractivity contribution in [1.29, 1.82) is 0 Å². The van der Waals surface area contributed by atoms with Crippen LogP contribution in [0.5, 0.6) is 0 Å². The summed E-state index contributed by atoms with van der Waals surface area (Å²) in [5, 5.41) is 4.27. The molecule has 0 unspecified atom stereocenters. The molecule has 0 fully saturated rings. The zero-order valence-electron chi connectivity index (χ0n) is 22.0. The minimum Gasteiger partial charge on any atom is -0.0624 e. The van der Waals surface area contributed by atoms with Crippen LogP contribution in [0.25, 0.3) is 0 Å². The Hall–Kier alpha value is -4.46. The molecule has 1 atom stereocenters. The Balaban J connectivity index is 1.79. The minimum atomic E-state index is -2.72. The summed E-state index contributed by atoms with van der Waals surface area (Å²) >= 11 is 0. The van der Waals surface area contributed by atoms with E-state index in [0.29, 0.717) is 0 Å². The average Bonchev–Trinajstić information content (AvgIpc) is 3.04. The van der Waals surface area contributed by atoms with Gasteiger partial charge in [-0.05, 0) is 32.3 Å². The van der Waals surface area contributed by atoms with E-state index in [-0.39, 0.29) is 11.5 Å². The van der Waals surface area contributed by atoms with Crippen LogP contribution in [-0.4, -0.2) is 8.07 Å². The summed E-state index contributed by atoms with van der Waals surface area (Å²) in [5.74, 6) is 0.155. The van der Waals surface area contributed by atoms with E-state index in [9.17, 15) is 0 Å². The molecular formula is C38H32Si. The van der Waals surface area contributed by atoms with Gasteiger partial charge in [0.25, 0.3) is 0 Å². The van der Waals surface area contributed by atoms with E-state index in [1.807, 2.05) is 0 Å². The van der Waals surface area contributed by atoms with Crippen LogP contribution >= 0.6 is 0 Å². The highest BCUT2D eigenvalue weighted by molar-refractivity contribution is 7.12. The van der Waals surface area contributed by atoms with Crippen molar-refractivity contribution in [3.05, 3.63) is 199 Å². The lowest BCUT2D eigenvalue weighted by Crippen LogP contribution is -2.71. The van der Waals surface area contributed by atoms with Gasteiger partial charge in [0.1, 0.15) is 0 Å². The van der Waals surface area contributed by atoms with Gasteiger partial charge in [0.05, 0.1) is 0 Å². The van der Waals surface area contributed by atoms with E-state index < -0.39 is 8.07 Å². The van der Waals surface area contributed by atoms with Gasteiger partial charge in [-0.25, -0.2) is 0 Å². The second-order valence-corrected chi connectivity index (χ2v) is 14.1. The van der Waals surface area contributed by atoms with E-state index in [1.54, 1.807) is 0 Å². The van der Waals surface area contributed by atoms with Gasteiger partial charge in [0.2, 0.25) is 0 Å². The van der Waals surface area contributed by atoms with Gasteiger partial charge in [-0.15, -0.1) is 0 Å². The molecule has 0 aromatic heterocycles.